The van der Waals surface area contributed by atoms with E-state index in [1.54, 1.807) is 13.2 Å². The van der Waals surface area contributed by atoms with Crippen LogP contribution in [0.4, 0.5) is 11.5 Å². The van der Waals surface area contributed by atoms with Gasteiger partial charge in [-0.2, -0.15) is 0 Å². The summed E-state index contributed by atoms with van der Waals surface area (Å²) in [6.45, 7) is 9.09. The second-order valence-corrected chi connectivity index (χ2v) is 7.06. The fourth-order valence-corrected chi connectivity index (χ4v) is 3.41. The van der Waals surface area contributed by atoms with Crippen molar-refractivity contribution in [2.45, 2.75) is 20.3 Å². The first-order valence-electron chi connectivity index (χ1n) is 9.75. The Morgan fingerprint density at radius 3 is 2.64 bits per heavy atom. The summed E-state index contributed by atoms with van der Waals surface area (Å²) in [6.07, 6.45) is 2.25. The van der Waals surface area contributed by atoms with E-state index in [1.807, 2.05) is 0 Å². The van der Waals surface area contributed by atoms with Gasteiger partial charge in [0.25, 0.3) is 5.91 Å². The minimum atomic E-state index is -0.172. The lowest BCUT2D eigenvalue weighted by molar-refractivity contribution is 0.0943. The Labute approximate surface area is 166 Å². The van der Waals surface area contributed by atoms with Crippen LogP contribution in [-0.4, -0.2) is 62.3 Å². The van der Waals surface area contributed by atoms with Crippen LogP contribution >= 0.6 is 0 Å². The molecule has 1 aromatic heterocycles. The van der Waals surface area contributed by atoms with Gasteiger partial charge in [0, 0.05) is 58.2 Å². The van der Waals surface area contributed by atoms with Crippen molar-refractivity contribution < 1.29 is 9.53 Å². The second kappa shape index (κ2) is 9.50. The van der Waals surface area contributed by atoms with E-state index in [9.17, 15) is 4.79 Å². The molecule has 0 radical (unpaired) electrons. The van der Waals surface area contributed by atoms with Crippen molar-refractivity contribution >= 4 is 17.4 Å². The Hall–Kier alpha value is -2.67. The van der Waals surface area contributed by atoms with Crippen LogP contribution in [-0.2, 0) is 4.74 Å². The number of carbonyl (C=O) groups is 1. The van der Waals surface area contributed by atoms with Crippen LogP contribution in [0.2, 0.25) is 0 Å². The molecule has 7 nitrogen and oxygen atoms in total. The highest BCUT2D eigenvalue weighted by molar-refractivity contribution is 5.92. The molecule has 3 rings (SSSR count). The van der Waals surface area contributed by atoms with E-state index in [0.29, 0.717) is 18.8 Å². The van der Waals surface area contributed by atoms with Gasteiger partial charge in [0.2, 0.25) is 0 Å². The van der Waals surface area contributed by atoms with Gasteiger partial charge in [-0.3, -0.25) is 4.79 Å². The number of hydrogen-bond acceptors (Lipinski definition) is 6. The standard InChI is InChI=1S/C21H29N5O2/c1-16-6-4-7-19(17(16)2)25-9-11-26(12-10-25)20-14-18(23-15-24-20)21(27)22-8-5-13-28-3/h4,6-7,14-15H,5,8-13H2,1-3H3,(H,22,27). The highest BCUT2D eigenvalue weighted by Gasteiger charge is 2.21. The molecule has 0 unspecified atom stereocenters. The van der Waals surface area contributed by atoms with Gasteiger partial charge in [-0.25, -0.2) is 9.97 Å². The topological polar surface area (TPSA) is 70.6 Å². The summed E-state index contributed by atoms with van der Waals surface area (Å²) in [6, 6.07) is 8.23. The maximum Gasteiger partial charge on any atom is 0.270 e. The van der Waals surface area contributed by atoms with Crippen molar-refractivity contribution in [3.63, 3.8) is 0 Å². The molecule has 1 saturated heterocycles. The number of anilines is 2. The summed E-state index contributed by atoms with van der Waals surface area (Å²) in [4.78, 5) is 25.4. The van der Waals surface area contributed by atoms with E-state index in [1.165, 1.54) is 23.1 Å². The Morgan fingerprint density at radius 1 is 1.14 bits per heavy atom. The molecule has 1 aromatic carbocycles. The van der Waals surface area contributed by atoms with Gasteiger partial charge >= 0.3 is 0 Å². The molecular weight excluding hydrogens is 354 g/mol. The summed E-state index contributed by atoms with van der Waals surface area (Å²) in [5.41, 5.74) is 4.36. The number of piperazine rings is 1. The number of hydrogen-bond donors (Lipinski definition) is 1. The average molecular weight is 383 g/mol. The van der Waals surface area contributed by atoms with Gasteiger partial charge in [0.15, 0.2) is 0 Å². The molecular formula is C21H29N5O2. The van der Waals surface area contributed by atoms with Crippen molar-refractivity contribution in [2.75, 3.05) is 56.2 Å². The number of methoxy groups -OCH3 is 1. The molecule has 1 fully saturated rings. The number of rotatable bonds is 7. The maximum atomic E-state index is 12.3. The number of nitrogens with zero attached hydrogens (tertiary/aromatic N) is 4. The predicted molar refractivity (Wildman–Crippen MR) is 111 cm³/mol. The van der Waals surface area contributed by atoms with Crippen molar-refractivity contribution in [1.29, 1.82) is 0 Å². The molecule has 0 spiro atoms. The van der Waals surface area contributed by atoms with Gasteiger partial charge in [-0.1, -0.05) is 12.1 Å². The van der Waals surface area contributed by atoms with Gasteiger partial charge in [-0.15, -0.1) is 0 Å². The smallest absolute Gasteiger partial charge is 0.270 e. The quantitative estimate of drug-likeness (QED) is 0.739. The van der Waals surface area contributed by atoms with E-state index in [0.717, 1.165) is 38.4 Å². The Bertz CT molecular complexity index is 803. The number of amides is 1. The van der Waals surface area contributed by atoms with Crippen molar-refractivity contribution in [2.24, 2.45) is 0 Å². The molecule has 2 heterocycles. The van der Waals surface area contributed by atoms with Crippen LogP contribution in [0.1, 0.15) is 28.0 Å². The van der Waals surface area contributed by atoms with E-state index in [2.05, 4.69) is 57.1 Å². The van der Waals surface area contributed by atoms with Crippen molar-refractivity contribution in [3.05, 3.63) is 47.4 Å². The lowest BCUT2D eigenvalue weighted by Crippen LogP contribution is -2.47. The molecule has 7 heteroatoms. The third-order valence-electron chi connectivity index (χ3n) is 5.22. The monoisotopic (exact) mass is 383 g/mol. The first kappa shape index (κ1) is 20.1. The van der Waals surface area contributed by atoms with E-state index < -0.39 is 0 Å². The zero-order valence-corrected chi connectivity index (χ0v) is 16.9. The third-order valence-corrected chi connectivity index (χ3v) is 5.22. The summed E-state index contributed by atoms with van der Waals surface area (Å²) >= 11 is 0. The van der Waals surface area contributed by atoms with Crippen LogP contribution < -0.4 is 15.1 Å². The van der Waals surface area contributed by atoms with Crippen LogP contribution in [0.5, 0.6) is 0 Å². The number of benzene rings is 1. The highest BCUT2D eigenvalue weighted by Crippen LogP contribution is 2.25. The fourth-order valence-electron chi connectivity index (χ4n) is 3.41. The summed E-state index contributed by atoms with van der Waals surface area (Å²) in [7, 11) is 1.65. The average Bonchev–Trinajstić information content (AvgIpc) is 2.73. The number of aromatic nitrogens is 2. The minimum Gasteiger partial charge on any atom is -0.385 e. The molecule has 1 amide bonds. The number of carbonyl (C=O) groups excluding carboxylic acids is 1. The first-order valence-corrected chi connectivity index (χ1v) is 9.75. The number of aryl methyl sites for hydroxylation is 1. The Morgan fingerprint density at radius 2 is 1.89 bits per heavy atom. The lowest BCUT2D eigenvalue weighted by atomic mass is 10.1. The SMILES string of the molecule is COCCCNC(=O)c1cc(N2CCN(c3cccc(C)c3C)CC2)ncn1. The molecule has 0 bridgehead atoms. The van der Waals surface area contributed by atoms with E-state index in [4.69, 9.17) is 4.74 Å². The predicted octanol–water partition coefficient (Wildman–Crippen LogP) is 2.19. The molecule has 0 saturated carbocycles. The normalized spacial score (nSPS) is 14.2. The Balaban J connectivity index is 1.60. The first-order chi connectivity index (χ1) is 13.6. The maximum absolute atomic E-state index is 12.3. The number of nitrogens with one attached hydrogen (secondary N) is 1. The number of ether oxygens (including phenoxy) is 1. The lowest BCUT2D eigenvalue weighted by Gasteiger charge is -2.37. The highest BCUT2D eigenvalue weighted by atomic mass is 16.5. The molecule has 0 aliphatic carbocycles. The fraction of sp³-hybridized carbons (Fsp3) is 0.476. The summed E-state index contributed by atoms with van der Waals surface area (Å²) < 4.78 is 4.99. The van der Waals surface area contributed by atoms with E-state index in [-0.39, 0.29) is 5.91 Å². The zero-order valence-electron chi connectivity index (χ0n) is 16.9. The van der Waals surface area contributed by atoms with Gasteiger partial charge < -0.3 is 19.9 Å². The van der Waals surface area contributed by atoms with E-state index >= 15 is 0 Å². The molecule has 1 N–H and O–H groups in total. The zero-order chi connectivity index (χ0) is 19.9. The molecule has 2 aromatic rings. The molecule has 0 atom stereocenters. The molecule has 150 valence electrons. The largest absolute Gasteiger partial charge is 0.385 e. The molecule has 1 aliphatic heterocycles. The third kappa shape index (κ3) is 4.78. The summed E-state index contributed by atoms with van der Waals surface area (Å²) in [5.74, 6) is 0.631. The molecule has 1 aliphatic rings. The summed E-state index contributed by atoms with van der Waals surface area (Å²) in [5, 5.41) is 2.87. The van der Waals surface area contributed by atoms with Crippen LogP contribution in [0.3, 0.4) is 0 Å². The molecule has 28 heavy (non-hydrogen) atoms. The second-order valence-electron chi connectivity index (χ2n) is 7.06. The van der Waals surface area contributed by atoms with Crippen LogP contribution in [0.15, 0.2) is 30.6 Å². The van der Waals surface area contributed by atoms with Crippen molar-refractivity contribution in [1.82, 2.24) is 15.3 Å². The van der Waals surface area contributed by atoms with Gasteiger partial charge in [0.05, 0.1) is 0 Å². The van der Waals surface area contributed by atoms with Crippen LogP contribution in [0, 0.1) is 13.8 Å². The Kier molecular flexibility index (Phi) is 6.81. The van der Waals surface area contributed by atoms with Gasteiger partial charge in [0.1, 0.15) is 17.8 Å². The van der Waals surface area contributed by atoms with Crippen molar-refractivity contribution in [3.8, 4) is 0 Å². The van der Waals surface area contributed by atoms with Crippen LogP contribution in [0.25, 0.3) is 0 Å². The van der Waals surface area contributed by atoms with Gasteiger partial charge in [-0.05, 0) is 37.5 Å². The minimum absolute atomic E-state index is 0.172.